The Bertz CT molecular complexity index is 801. The number of rotatable bonds is 4. The van der Waals surface area contributed by atoms with Gasteiger partial charge in [-0.15, -0.1) is 0 Å². The summed E-state index contributed by atoms with van der Waals surface area (Å²) in [5, 5.41) is 0. The maximum atomic E-state index is 12.9. The van der Waals surface area contributed by atoms with E-state index in [9.17, 15) is 9.59 Å². The minimum Gasteiger partial charge on any atom is -0.494 e. The van der Waals surface area contributed by atoms with Gasteiger partial charge in [-0.05, 0) is 56.7 Å². The topological polar surface area (TPSA) is 49.9 Å². The second-order valence-corrected chi connectivity index (χ2v) is 6.41. The lowest BCUT2D eigenvalue weighted by molar-refractivity contribution is -0.124. The molecule has 26 heavy (non-hydrogen) atoms. The molecule has 0 N–H and O–H groups in total. The summed E-state index contributed by atoms with van der Waals surface area (Å²) in [5.74, 6) is 0.628. The van der Waals surface area contributed by atoms with E-state index in [-0.39, 0.29) is 11.8 Å². The Kier molecular flexibility index (Phi) is 5.26. The number of nitrogens with zero attached hydrogens (tertiary/aromatic N) is 2. The first-order valence-corrected chi connectivity index (χ1v) is 8.93. The molecule has 1 aliphatic heterocycles. The largest absolute Gasteiger partial charge is 0.494 e. The van der Waals surface area contributed by atoms with E-state index in [1.807, 2.05) is 62.4 Å². The van der Waals surface area contributed by atoms with Crippen molar-refractivity contribution in [3.63, 3.8) is 0 Å². The Labute approximate surface area is 154 Å². The van der Waals surface area contributed by atoms with Crippen LogP contribution in [0.1, 0.15) is 29.8 Å². The highest BCUT2D eigenvalue weighted by Gasteiger charge is 2.35. The van der Waals surface area contributed by atoms with Crippen molar-refractivity contribution in [2.45, 2.75) is 26.8 Å². The van der Waals surface area contributed by atoms with E-state index in [1.54, 1.807) is 16.7 Å². The third-order valence-corrected chi connectivity index (χ3v) is 4.75. The Morgan fingerprint density at radius 2 is 1.81 bits per heavy atom. The van der Waals surface area contributed by atoms with E-state index < -0.39 is 6.04 Å². The van der Waals surface area contributed by atoms with Crippen molar-refractivity contribution >= 4 is 17.5 Å². The molecule has 0 spiro atoms. The molecule has 0 radical (unpaired) electrons. The van der Waals surface area contributed by atoms with Crippen LogP contribution in [-0.2, 0) is 4.79 Å². The lowest BCUT2D eigenvalue weighted by Crippen LogP contribution is -2.57. The molecule has 1 aliphatic rings. The highest BCUT2D eigenvalue weighted by atomic mass is 16.5. The molecule has 1 heterocycles. The number of ether oxygens (including phenoxy) is 1. The van der Waals surface area contributed by atoms with Crippen molar-refractivity contribution in [3.05, 3.63) is 59.7 Å². The predicted molar refractivity (Wildman–Crippen MR) is 102 cm³/mol. The molecule has 5 nitrogen and oxygen atoms in total. The van der Waals surface area contributed by atoms with E-state index in [0.717, 1.165) is 17.0 Å². The molecule has 0 saturated carbocycles. The molecule has 0 aliphatic carbocycles. The van der Waals surface area contributed by atoms with Crippen LogP contribution in [0, 0.1) is 6.92 Å². The second kappa shape index (κ2) is 7.60. The predicted octanol–water partition coefficient (Wildman–Crippen LogP) is 3.27. The summed E-state index contributed by atoms with van der Waals surface area (Å²) in [6.45, 7) is 7.23. The van der Waals surface area contributed by atoms with Gasteiger partial charge in [0, 0.05) is 24.3 Å². The van der Waals surface area contributed by atoms with Crippen LogP contribution in [0.25, 0.3) is 0 Å². The number of amides is 2. The van der Waals surface area contributed by atoms with Crippen LogP contribution in [-0.4, -0.2) is 42.5 Å². The van der Waals surface area contributed by atoms with Crippen molar-refractivity contribution < 1.29 is 14.3 Å². The zero-order chi connectivity index (χ0) is 18.7. The number of hydrogen-bond acceptors (Lipinski definition) is 3. The van der Waals surface area contributed by atoms with Crippen LogP contribution in [0.3, 0.4) is 0 Å². The molecule has 136 valence electrons. The van der Waals surface area contributed by atoms with Gasteiger partial charge in [0.05, 0.1) is 6.61 Å². The van der Waals surface area contributed by atoms with Gasteiger partial charge in [0.1, 0.15) is 11.8 Å². The highest BCUT2D eigenvalue weighted by molar-refractivity contribution is 6.03. The third-order valence-electron chi connectivity index (χ3n) is 4.75. The molecule has 2 aromatic carbocycles. The maximum Gasteiger partial charge on any atom is 0.254 e. The lowest BCUT2D eigenvalue weighted by Gasteiger charge is -2.39. The maximum absolute atomic E-state index is 12.9. The Hall–Kier alpha value is -2.82. The molecule has 5 heteroatoms. The molecular weight excluding hydrogens is 328 g/mol. The van der Waals surface area contributed by atoms with E-state index in [0.29, 0.717) is 25.3 Å². The van der Waals surface area contributed by atoms with Gasteiger partial charge in [0.15, 0.2) is 0 Å². The molecule has 2 amide bonds. The van der Waals surface area contributed by atoms with Crippen molar-refractivity contribution in [1.29, 1.82) is 0 Å². The molecule has 2 aromatic rings. The Morgan fingerprint density at radius 1 is 1.12 bits per heavy atom. The number of piperazine rings is 1. The van der Waals surface area contributed by atoms with Crippen molar-refractivity contribution in [2.75, 3.05) is 24.6 Å². The zero-order valence-electron chi connectivity index (χ0n) is 15.4. The zero-order valence-corrected chi connectivity index (χ0v) is 15.4. The summed E-state index contributed by atoms with van der Waals surface area (Å²) in [4.78, 5) is 29.1. The summed E-state index contributed by atoms with van der Waals surface area (Å²) in [7, 11) is 0. The van der Waals surface area contributed by atoms with Crippen molar-refractivity contribution in [3.8, 4) is 5.75 Å². The van der Waals surface area contributed by atoms with Gasteiger partial charge >= 0.3 is 0 Å². The Morgan fingerprint density at radius 3 is 2.46 bits per heavy atom. The fourth-order valence-corrected chi connectivity index (χ4v) is 3.26. The SMILES string of the molecule is CCOc1ccc(N2CCN(C(=O)c3ccccc3C)[C@@H](C)C2=O)cc1. The summed E-state index contributed by atoms with van der Waals surface area (Å²) < 4.78 is 5.45. The smallest absolute Gasteiger partial charge is 0.254 e. The normalized spacial score (nSPS) is 17.3. The van der Waals surface area contributed by atoms with Gasteiger partial charge in [0.2, 0.25) is 5.91 Å². The van der Waals surface area contributed by atoms with Crippen LogP contribution in [0.2, 0.25) is 0 Å². The molecule has 1 atom stereocenters. The number of carbonyl (C=O) groups is 2. The van der Waals surface area contributed by atoms with Gasteiger partial charge in [0.25, 0.3) is 5.91 Å². The minimum atomic E-state index is -0.498. The van der Waals surface area contributed by atoms with E-state index in [2.05, 4.69) is 0 Å². The van der Waals surface area contributed by atoms with E-state index >= 15 is 0 Å². The molecule has 3 rings (SSSR count). The van der Waals surface area contributed by atoms with E-state index in [4.69, 9.17) is 4.74 Å². The number of benzene rings is 2. The second-order valence-electron chi connectivity index (χ2n) is 6.41. The number of anilines is 1. The van der Waals surface area contributed by atoms with Crippen LogP contribution < -0.4 is 9.64 Å². The highest BCUT2D eigenvalue weighted by Crippen LogP contribution is 2.24. The van der Waals surface area contributed by atoms with E-state index in [1.165, 1.54) is 0 Å². The van der Waals surface area contributed by atoms with Crippen LogP contribution in [0.4, 0.5) is 5.69 Å². The first-order chi connectivity index (χ1) is 12.5. The van der Waals surface area contributed by atoms with Crippen LogP contribution >= 0.6 is 0 Å². The van der Waals surface area contributed by atoms with Crippen molar-refractivity contribution in [2.24, 2.45) is 0 Å². The van der Waals surface area contributed by atoms with Crippen molar-refractivity contribution in [1.82, 2.24) is 4.90 Å². The first-order valence-electron chi connectivity index (χ1n) is 8.93. The minimum absolute atomic E-state index is 0.0673. The van der Waals surface area contributed by atoms with Gasteiger partial charge in [-0.1, -0.05) is 18.2 Å². The first kappa shape index (κ1) is 18.0. The summed E-state index contributed by atoms with van der Waals surface area (Å²) >= 11 is 0. The van der Waals surface area contributed by atoms with Gasteiger partial charge in [-0.3, -0.25) is 9.59 Å². The lowest BCUT2D eigenvalue weighted by atomic mass is 10.0. The molecule has 1 fully saturated rings. The molecule has 1 saturated heterocycles. The van der Waals surface area contributed by atoms with Gasteiger partial charge in [-0.25, -0.2) is 0 Å². The standard InChI is InChI=1S/C21H24N2O3/c1-4-26-18-11-9-17(10-12-18)23-14-13-22(16(3)20(23)24)21(25)19-8-6-5-7-15(19)2/h5-12,16H,4,13-14H2,1-3H3/t16-/m0/s1. The number of aryl methyl sites for hydroxylation is 1. The quantitative estimate of drug-likeness (QED) is 0.848. The average Bonchev–Trinajstić information content (AvgIpc) is 2.65. The fraction of sp³-hybridized carbons (Fsp3) is 0.333. The Balaban J connectivity index is 1.76. The monoisotopic (exact) mass is 352 g/mol. The number of carbonyl (C=O) groups excluding carboxylic acids is 2. The van der Waals surface area contributed by atoms with Crippen LogP contribution in [0.5, 0.6) is 5.75 Å². The van der Waals surface area contributed by atoms with Crippen LogP contribution in [0.15, 0.2) is 48.5 Å². The van der Waals surface area contributed by atoms with Gasteiger partial charge < -0.3 is 14.5 Å². The summed E-state index contributed by atoms with van der Waals surface area (Å²) in [6, 6.07) is 14.5. The fourth-order valence-electron chi connectivity index (χ4n) is 3.26. The number of hydrogen-bond donors (Lipinski definition) is 0. The molecule has 0 bridgehead atoms. The summed E-state index contributed by atoms with van der Waals surface area (Å²) in [6.07, 6.45) is 0. The summed E-state index contributed by atoms with van der Waals surface area (Å²) in [5.41, 5.74) is 2.40. The molecule has 0 aromatic heterocycles. The third kappa shape index (κ3) is 3.43. The van der Waals surface area contributed by atoms with Gasteiger partial charge in [-0.2, -0.15) is 0 Å². The average molecular weight is 352 g/mol. The molecular formula is C21H24N2O3. The molecule has 0 unspecified atom stereocenters.